The number of hydrogen-bond donors (Lipinski definition) is 4. The number of aliphatic carboxylic acids is 3. The second kappa shape index (κ2) is 14.4. The molecule has 1 heterocycles. The minimum atomic E-state index is -1.26. The highest BCUT2D eigenvalue weighted by Crippen LogP contribution is 2.40. The van der Waals surface area contributed by atoms with Crippen molar-refractivity contribution in [3.8, 4) is 5.75 Å². The molecule has 9 nitrogen and oxygen atoms in total. The van der Waals surface area contributed by atoms with Gasteiger partial charge in [0.05, 0.1) is 5.69 Å². The molecule has 1 aliphatic rings. The van der Waals surface area contributed by atoms with Crippen LogP contribution < -0.4 is 15.0 Å². The molecule has 0 bridgehead atoms. The second-order valence-corrected chi connectivity index (χ2v) is 7.78. The number of nitrogens with one attached hydrogen (secondary N) is 1. The molecule has 0 amide bonds. The van der Waals surface area contributed by atoms with E-state index in [4.69, 9.17) is 31.7 Å². The molecule has 1 aliphatic heterocycles. The molecule has 186 valence electrons. The Morgan fingerprint density at radius 3 is 2.31 bits per heavy atom. The summed E-state index contributed by atoms with van der Waals surface area (Å²) in [6, 6.07) is 14.0. The number of halogens is 1. The maximum absolute atomic E-state index is 10.4. The lowest BCUT2D eigenvalue weighted by Crippen LogP contribution is -2.21. The van der Waals surface area contributed by atoms with Gasteiger partial charge in [0, 0.05) is 47.6 Å². The zero-order chi connectivity index (χ0) is 25.6. The van der Waals surface area contributed by atoms with E-state index in [0.29, 0.717) is 30.3 Å². The van der Waals surface area contributed by atoms with Gasteiger partial charge in [0.15, 0.2) is 0 Å². The average Bonchev–Trinajstić information content (AvgIpc) is 2.96. The highest BCUT2D eigenvalue weighted by atomic mass is 35.5. The van der Waals surface area contributed by atoms with Crippen molar-refractivity contribution in [2.24, 2.45) is 0 Å². The predicted octanol–water partition coefficient (Wildman–Crippen LogP) is 4.09. The van der Waals surface area contributed by atoms with Crippen molar-refractivity contribution >= 4 is 40.9 Å². The summed E-state index contributed by atoms with van der Waals surface area (Å²) in [6.07, 6.45) is 5.85. The van der Waals surface area contributed by atoms with Gasteiger partial charge in [-0.3, -0.25) is 0 Å². The van der Waals surface area contributed by atoms with Crippen LogP contribution >= 0.6 is 11.6 Å². The summed E-state index contributed by atoms with van der Waals surface area (Å²) in [5, 5.41) is 28.1. The van der Waals surface area contributed by atoms with Crippen molar-refractivity contribution in [2.75, 3.05) is 24.5 Å². The summed E-state index contributed by atoms with van der Waals surface area (Å²) in [5.74, 6) is -2.59. The van der Waals surface area contributed by atoms with Crippen LogP contribution in [0, 0.1) is 0 Å². The third kappa shape index (κ3) is 9.91. The first-order chi connectivity index (χ1) is 16.8. The van der Waals surface area contributed by atoms with Gasteiger partial charge in [-0.1, -0.05) is 35.9 Å². The smallest absolute Gasteiger partial charge is 0.328 e. The Hall–Kier alpha value is -3.82. The van der Waals surface area contributed by atoms with Crippen LogP contribution in [0.3, 0.4) is 0 Å². The fourth-order valence-corrected chi connectivity index (χ4v) is 3.42. The van der Waals surface area contributed by atoms with Crippen LogP contribution in [0.2, 0.25) is 5.02 Å². The number of ether oxygens (including phenoxy) is 1. The van der Waals surface area contributed by atoms with Crippen molar-refractivity contribution in [3.05, 3.63) is 77.4 Å². The van der Waals surface area contributed by atoms with Gasteiger partial charge in [0.2, 0.25) is 0 Å². The molecule has 0 aromatic heterocycles. The van der Waals surface area contributed by atoms with E-state index in [0.717, 1.165) is 54.7 Å². The molecule has 0 fully saturated rings. The number of nitrogens with zero attached hydrogens (tertiary/aromatic N) is 1. The summed E-state index contributed by atoms with van der Waals surface area (Å²) in [5.41, 5.74) is 3.29. The minimum Gasteiger partial charge on any atom is -0.487 e. The summed E-state index contributed by atoms with van der Waals surface area (Å²) in [4.78, 5) is 31.8. The van der Waals surface area contributed by atoms with Gasteiger partial charge in [0.25, 0.3) is 0 Å². The normalized spacial score (nSPS) is 12.2. The summed E-state index contributed by atoms with van der Waals surface area (Å²) in [7, 11) is 0. The minimum absolute atomic E-state index is 0.540. The van der Waals surface area contributed by atoms with Crippen LogP contribution in [-0.2, 0) is 21.0 Å². The molecule has 2 aromatic carbocycles. The second-order valence-electron chi connectivity index (χ2n) is 7.34. The standard InChI is InChI=1S/C21H23ClN2O3.C4H4O4/c22-17-9-10-20-19(14-17)24(18-7-2-1-6-16(18)15-27-20)13-4-3-11-23-12-5-8-21(25)26;5-3(6)1-2-4(7)8/h1-2,5-10,14,23H,3-4,11-13,15H2,(H,25,26);1-2H,(H,5,6)(H,7,8)/b8-5+;2-1-. The third-order valence-corrected chi connectivity index (χ3v) is 4.99. The highest BCUT2D eigenvalue weighted by molar-refractivity contribution is 6.31. The number of carbonyl (C=O) groups is 3. The van der Waals surface area contributed by atoms with Crippen molar-refractivity contribution < 1.29 is 34.4 Å². The van der Waals surface area contributed by atoms with Crippen LogP contribution in [0.5, 0.6) is 5.75 Å². The number of anilines is 2. The molecular weight excluding hydrogens is 476 g/mol. The van der Waals surface area contributed by atoms with E-state index < -0.39 is 17.9 Å². The Balaban J connectivity index is 0.000000466. The third-order valence-electron chi connectivity index (χ3n) is 4.75. The lowest BCUT2D eigenvalue weighted by atomic mass is 10.1. The molecule has 0 spiro atoms. The average molecular weight is 503 g/mol. The molecule has 0 aliphatic carbocycles. The predicted molar refractivity (Wildman–Crippen MR) is 133 cm³/mol. The van der Waals surface area contributed by atoms with Crippen molar-refractivity contribution in [2.45, 2.75) is 19.4 Å². The molecule has 0 radical (unpaired) electrons. The quantitative estimate of drug-likeness (QED) is 0.279. The molecule has 4 N–H and O–H groups in total. The molecule has 3 rings (SSSR count). The van der Waals surface area contributed by atoms with Gasteiger partial charge in [-0.05, 0) is 43.7 Å². The summed E-state index contributed by atoms with van der Waals surface area (Å²) < 4.78 is 5.98. The monoisotopic (exact) mass is 502 g/mol. The number of carboxylic acid groups (broad SMARTS) is 3. The van der Waals surface area contributed by atoms with E-state index in [9.17, 15) is 14.4 Å². The van der Waals surface area contributed by atoms with Crippen LogP contribution in [0.4, 0.5) is 11.4 Å². The molecule has 0 unspecified atom stereocenters. The lowest BCUT2D eigenvalue weighted by Gasteiger charge is -2.26. The highest BCUT2D eigenvalue weighted by Gasteiger charge is 2.21. The van der Waals surface area contributed by atoms with Crippen LogP contribution in [0.1, 0.15) is 18.4 Å². The largest absolute Gasteiger partial charge is 0.487 e. The number of carboxylic acids is 3. The Kier molecular flexibility index (Phi) is 11.3. The van der Waals surface area contributed by atoms with Crippen molar-refractivity contribution in [1.82, 2.24) is 5.32 Å². The fourth-order valence-electron chi connectivity index (χ4n) is 3.25. The van der Waals surface area contributed by atoms with E-state index in [1.807, 2.05) is 30.3 Å². The van der Waals surface area contributed by atoms with Gasteiger partial charge < -0.3 is 30.3 Å². The first-order valence-corrected chi connectivity index (χ1v) is 11.2. The van der Waals surface area contributed by atoms with Crippen molar-refractivity contribution in [1.29, 1.82) is 0 Å². The number of benzene rings is 2. The SMILES string of the molecule is O=C(O)/C=C/CNCCCCN1c2ccccc2COc2ccc(Cl)cc21.O=C(O)/C=C\C(=O)O. The Morgan fingerprint density at radius 2 is 1.63 bits per heavy atom. The Morgan fingerprint density at radius 1 is 0.943 bits per heavy atom. The van der Waals surface area contributed by atoms with E-state index in [1.165, 1.54) is 0 Å². The molecular formula is C25H27ClN2O7. The number of rotatable bonds is 10. The van der Waals surface area contributed by atoms with Crippen LogP contribution in [0.25, 0.3) is 0 Å². The number of fused-ring (bicyclic) bond motifs is 2. The molecule has 10 heteroatoms. The van der Waals surface area contributed by atoms with E-state index >= 15 is 0 Å². The lowest BCUT2D eigenvalue weighted by molar-refractivity contribution is -0.134. The summed E-state index contributed by atoms with van der Waals surface area (Å²) >= 11 is 6.24. The van der Waals surface area contributed by atoms with E-state index in [-0.39, 0.29) is 0 Å². The van der Waals surface area contributed by atoms with Crippen molar-refractivity contribution in [3.63, 3.8) is 0 Å². The van der Waals surface area contributed by atoms with Gasteiger partial charge in [-0.2, -0.15) is 0 Å². The van der Waals surface area contributed by atoms with E-state index in [2.05, 4.69) is 22.3 Å². The molecule has 35 heavy (non-hydrogen) atoms. The maximum atomic E-state index is 10.4. The van der Waals surface area contributed by atoms with Gasteiger partial charge in [0.1, 0.15) is 12.4 Å². The molecule has 0 atom stereocenters. The molecule has 2 aromatic rings. The number of para-hydroxylation sites is 1. The van der Waals surface area contributed by atoms with Gasteiger partial charge in [-0.25, -0.2) is 14.4 Å². The zero-order valence-electron chi connectivity index (χ0n) is 18.9. The van der Waals surface area contributed by atoms with Crippen LogP contribution in [0.15, 0.2) is 66.8 Å². The Labute approximate surface area is 207 Å². The van der Waals surface area contributed by atoms with Gasteiger partial charge in [-0.15, -0.1) is 0 Å². The Bertz CT molecular complexity index is 1070. The molecule has 0 saturated heterocycles. The number of hydrogen-bond acceptors (Lipinski definition) is 6. The van der Waals surface area contributed by atoms with Gasteiger partial charge >= 0.3 is 17.9 Å². The summed E-state index contributed by atoms with van der Waals surface area (Å²) in [6.45, 7) is 2.78. The topological polar surface area (TPSA) is 136 Å². The van der Waals surface area contributed by atoms with E-state index in [1.54, 1.807) is 6.08 Å². The first-order valence-electron chi connectivity index (χ1n) is 10.8. The first kappa shape index (κ1) is 27.4. The maximum Gasteiger partial charge on any atom is 0.328 e. The zero-order valence-corrected chi connectivity index (χ0v) is 19.6. The molecule has 0 saturated carbocycles. The number of unbranched alkanes of at least 4 members (excludes halogenated alkanes) is 1. The van der Waals surface area contributed by atoms with Crippen LogP contribution in [-0.4, -0.2) is 52.9 Å². The fraction of sp³-hybridized carbons (Fsp3) is 0.240.